The second-order valence-electron chi connectivity index (χ2n) is 4.73. The molecule has 2 heteroatoms. The molecule has 2 nitrogen and oxygen atoms in total. The van der Waals surface area contributed by atoms with Crippen LogP contribution in [-0.4, -0.2) is 11.9 Å². The van der Waals surface area contributed by atoms with Crippen LogP contribution in [-0.2, 0) is 0 Å². The van der Waals surface area contributed by atoms with E-state index >= 15 is 0 Å². The Labute approximate surface area is 114 Å². The van der Waals surface area contributed by atoms with Crippen molar-refractivity contribution in [3.63, 3.8) is 0 Å². The summed E-state index contributed by atoms with van der Waals surface area (Å²) in [6, 6.07) is 18.1. The van der Waals surface area contributed by atoms with Crippen molar-refractivity contribution in [2.45, 2.75) is 26.3 Å². The van der Waals surface area contributed by atoms with Crippen LogP contribution in [0.15, 0.2) is 54.6 Å². The first kappa shape index (κ1) is 13.3. The van der Waals surface area contributed by atoms with Gasteiger partial charge in [-0.1, -0.05) is 49.4 Å². The van der Waals surface area contributed by atoms with Gasteiger partial charge in [0.2, 0.25) is 0 Å². The maximum Gasteiger partial charge on any atom is 0.251 e. The normalized spacial score (nSPS) is 11.9. The first-order chi connectivity index (χ1) is 9.20. The quantitative estimate of drug-likeness (QED) is 0.880. The maximum atomic E-state index is 12.0. The van der Waals surface area contributed by atoms with Gasteiger partial charge in [-0.15, -0.1) is 0 Å². The van der Waals surface area contributed by atoms with Crippen molar-refractivity contribution in [3.05, 3.63) is 60.2 Å². The average Bonchev–Trinajstić information content (AvgIpc) is 2.48. The van der Waals surface area contributed by atoms with E-state index < -0.39 is 0 Å². The smallest absolute Gasteiger partial charge is 0.251 e. The zero-order valence-electron chi connectivity index (χ0n) is 11.4. The SMILES string of the molecule is CCC(C)NC(=O)c1ccc(-c2ccccc2)cc1. The third kappa shape index (κ3) is 3.44. The van der Waals surface area contributed by atoms with Crippen LogP contribution in [0.4, 0.5) is 0 Å². The number of amides is 1. The molecule has 19 heavy (non-hydrogen) atoms. The molecule has 0 aromatic heterocycles. The Hall–Kier alpha value is -2.09. The van der Waals surface area contributed by atoms with E-state index in [1.54, 1.807) is 0 Å². The van der Waals surface area contributed by atoms with E-state index in [4.69, 9.17) is 0 Å². The van der Waals surface area contributed by atoms with Crippen molar-refractivity contribution in [3.8, 4) is 11.1 Å². The zero-order chi connectivity index (χ0) is 13.7. The average molecular weight is 253 g/mol. The van der Waals surface area contributed by atoms with Crippen molar-refractivity contribution in [1.82, 2.24) is 5.32 Å². The first-order valence-corrected chi connectivity index (χ1v) is 6.67. The molecule has 98 valence electrons. The van der Waals surface area contributed by atoms with Crippen molar-refractivity contribution in [1.29, 1.82) is 0 Å². The summed E-state index contributed by atoms with van der Waals surface area (Å²) >= 11 is 0. The first-order valence-electron chi connectivity index (χ1n) is 6.67. The second-order valence-corrected chi connectivity index (χ2v) is 4.73. The van der Waals surface area contributed by atoms with E-state index in [-0.39, 0.29) is 11.9 Å². The van der Waals surface area contributed by atoms with Gasteiger partial charge in [0.15, 0.2) is 0 Å². The summed E-state index contributed by atoms with van der Waals surface area (Å²) in [7, 11) is 0. The lowest BCUT2D eigenvalue weighted by Crippen LogP contribution is -2.31. The van der Waals surface area contributed by atoms with Gasteiger partial charge in [0.1, 0.15) is 0 Å². The molecule has 0 saturated heterocycles. The van der Waals surface area contributed by atoms with Crippen LogP contribution in [0.2, 0.25) is 0 Å². The molecule has 0 aliphatic carbocycles. The van der Waals surface area contributed by atoms with Gasteiger partial charge in [0.25, 0.3) is 5.91 Å². The predicted molar refractivity (Wildman–Crippen MR) is 79.1 cm³/mol. The molecule has 0 aliphatic heterocycles. The zero-order valence-corrected chi connectivity index (χ0v) is 11.4. The number of carbonyl (C=O) groups excluding carboxylic acids is 1. The maximum absolute atomic E-state index is 12.0. The lowest BCUT2D eigenvalue weighted by molar-refractivity contribution is 0.0939. The minimum absolute atomic E-state index is 0.00559. The molecule has 1 unspecified atom stereocenters. The Morgan fingerprint density at radius 1 is 1.00 bits per heavy atom. The molecule has 2 aromatic rings. The van der Waals surface area contributed by atoms with Crippen LogP contribution in [0.25, 0.3) is 11.1 Å². The summed E-state index contributed by atoms with van der Waals surface area (Å²) in [5.41, 5.74) is 3.00. The summed E-state index contributed by atoms with van der Waals surface area (Å²) in [5.74, 6) is -0.00559. The van der Waals surface area contributed by atoms with Crippen LogP contribution in [0.3, 0.4) is 0 Å². The van der Waals surface area contributed by atoms with E-state index in [9.17, 15) is 4.79 Å². The molecule has 0 saturated carbocycles. The topological polar surface area (TPSA) is 29.1 Å². The molecule has 0 fully saturated rings. The molecule has 0 bridgehead atoms. The van der Waals surface area contributed by atoms with E-state index in [1.165, 1.54) is 0 Å². The van der Waals surface area contributed by atoms with Crippen LogP contribution >= 0.6 is 0 Å². The molecule has 2 rings (SSSR count). The van der Waals surface area contributed by atoms with Gasteiger partial charge in [0, 0.05) is 11.6 Å². The standard InChI is InChI=1S/C17H19NO/c1-3-13(2)18-17(19)16-11-9-15(10-12-16)14-7-5-4-6-8-14/h4-13H,3H2,1-2H3,(H,18,19). The molecule has 2 aromatic carbocycles. The number of carbonyl (C=O) groups is 1. The summed E-state index contributed by atoms with van der Waals surface area (Å²) in [5, 5.41) is 2.97. The predicted octanol–water partition coefficient (Wildman–Crippen LogP) is 3.88. The second kappa shape index (κ2) is 6.19. The minimum atomic E-state index is -0.00559. The van der Waals surface area contributed by atoms with Gasteiger partial charge >= 0.3 is 0 Å². The largest absolute Gasteiger partial charge is 0.350 e. The summed E-state index contributed by atoms with van der Waals surface area (Å²) in [6.45, 7) is 4.07. The summed E-state index contributed by atoms with van der Waals surface area (Å²) in [4.78, 5) is 12.0. The molecule has 1 atom stereocenters. The fraction of sp³-hybridized carbons (Fsp3) is 0.235. The number of benzene rings is 2. The fourth-order valence-electron chi connectivity index (χ4n) is 1.85. The Morgan fingerprint density at radius 2 is 1.58 bits per heavy atom. The van der Waals surface area contributed by atoms with Gasteiger partial charge in [-0.05, 0) is 36.6 Å². The van der Waals surface area contributed by atoms with E-state index in [0.717, 1.165) is 17.5 Å². The molecule has 1 amide bonds. The number of hydrogen-bond acceptors (Lipinski definition) is 1. The summed E-state index contributed by atoms with van der Waals surface area (Å²) < 4.78 is 0. The van der Waals surface area contributed by atoms with Crippen molar-refractivity contribution in [2.24, 2.45) is 0 Å². The molecule has 0 aliphatic rings. The molecule has 0 spiro atoms. The number of rotatable bonds is 4. The van der Waals surface area contributed by atoms with Crippen LogP contribution in [0.1, 0.15) is 30.6 Å². The Morgan fingerprint density at radius 3 is 2.16 bits per heavy atom. The molecule has 1 N–H and O–H groups in total. The van der Waals surface area contributed by atoms with Crippen LogP contribution in [0.5, 0.6) is 0 Å². The Bertz CT molecular complexity index is 531. The number of nitrogens with one attached hydrogen (secondary N) is 1. The van der Waals surface area contributed by atoms with Crippen molar-refractivity contribution >= 4 is 5.91 Å². The highest BCUT2D eigenvalue weighted by Gasteiger charge is 2.08. The Kier molecular flexibility index (Phi) is 4.35. The van der Waals surface area contributed by atoms with Gasteiger partial charge < -0.3 is 5.32 Å². The van der Waals surface area contributed by atoms with Gasteiger partial charge in [-0.25, -0.2) is 0 Å². The number of hydrogen-bond donors (Lipinski definition) is 1. The molecule has 0 heterocycles. The van der Waals surface area contributed by atoms with Crippen molar-refractivity contribution < 1.29 is 4.79 Å². The Balaban J connectivity index is 2.13. The van der Waals surface area contributed by atoms with Crippen molar-refractivity contribution in [2.75, 3.05) is 0 Å². The van der Waals surface area contributed by atoms with E-state index in [1.807, 2.05) is 49.4 Å². The summed E-state index contributed by atoms with van der Waals surface area (Å²) in [6.07, 6.45) is 0.938. The highest BCUT2D eigenvalue weighted by molar-refractivity contribution is 5.94. The molecule has 0 radical (unpaired) electrons. The van der Waals surface area contributed by atoms with Crippen LogP contribution in [0, 0.1) is 0 Å². The van der Waals surface area contributed by atoms with Gasteiger partial charge in [0.05, 0.1) is 0 Å². The highest BCUT2D eigenvalue weighted by atomic mass is 16.1. The lowest BCUT2D eigenvalue weighted by atomic mass is 10.0. The third-order valence-corrected chi connectivity index (χ3v) is 3.24. The van der Waals surface area contributed by atoms with Gasteiger partial charge in [-0.3, -0.25) is 4.79 Å². The highest BCUT2D eigenvalue weighted by Crippen LogP contribution is 2.19. The monoisotopic (exact) mass is 253 g/mol. The lowest BCUT2D eigenvalue weighted by Gasteiger charge is -2.11. The molecular weight excluding hydrogens is 234 g/mol. The van der Waals surface area contributed by atoms with Crippen LogP contribution < -0.4 is 5.32 Å². The van der Waals surface area contributed by atoms with E-state index in [0.29, 0.717) is 5.56 Å². The van der Waals surface area contributed by atoms with Gasteiger partial charge in [-0.2, -0.15) is 0 Å². The van der Waals surface area contributed by atoms with E-state index in [2.05, 4.69) is 24.4 Å². The molecular formula is C17H19NO. The fourth-order valence-corrected chi connectivity index (χ4v) is 1.85. The third-order valence-electron chi connectivity index (χ3n) is 3.24. The minimum Gasteiger partial charge on any atom is -0.350 e.